The van der Waals surface area contributed by atoms with E-state index in [1.54, 1.807) is 0 Å². The van der Waals surface area contributed by atoms with Crippen molar-refractivity contribution in [2.75, 3.05) is 6.54 Å². The zero-order valence-corrected chi connectivity index (χ0v) is 7.55. The number of hydrogen-bond acceptors (Lipinski definition) is 2. The predicted octanol–water partition coefficient (Wildman–Crippen LogP) is 1.06. The zero-order chi connectivity index (χ0) is 9.19. The number of carbonyl (C=O) groups is 1. The fourth-order valence-corrected chi connectivity index (χ4v) is 1.28. The molecule has 0 spiro atoms. The van der Waals surface area contributed by atoms with E-state index in [4.69, 9.17) is 5.26 Å². The smallest absolute Gasteiger partial charge is 0.223 e. The molecule has 0 radical (unpaired) electrons. The highest BCUT2D eigenvalue weighted by Gasteiger charge is 2.50. The third kappa shape index (κ3) is 1.97. The van der Waals surface area contributed by atoms with Crippen LogP contribution in [-0.2, 0) is 4.79 Å². The molecule has 1 atom stereocenters. The van der Waals surface area contributed by atoms with E-state index in [1.807, 2.05) is 6.07 Å². The Morgan fingerprint density at radius 3 is 2.75 bits per heavy atom. The molecule has 0 heterocycles. The van der Waals surface area contributed by atoms with Crippen molar-refractivity contribution in [2.45, 2.75) is 26.7 Å². The third-order valence-corrected chi connectivity index (χ3v) is 2.37. The lowest BCUT2D eigenvalue weighted by molar-refractivity contribution is -0.122. The zero-order valence-electron chi connectivity index (χ0n) is 7.55. The van der Waals surface area contributed by atoms with Crippen molar-refractivity contribution in [2.24, 2.45) is 11.3 Å². The van der Waals surface area contributed by atoms with Gasteiger partial charge in [0.2, 0.25) is 5.91 Å². The Labute approximate surface area is 72.8 Å². The second kappa shape index (κ2) is 3.14. The lowest BCUT2D eigenvalue weighted by Gasteiger charge is -2.03. The molecule has 1 fully saturated rings. The normalized spacial score (nSPS) is 24.2. The Morgan fingerprint density at radius 2 is 2.33 bits per heavy atom. The van der Waals surface area contributed by atoms with Crippen LogP contribution < -0.4 is 5.32 Å². The molecule has 1 amide bonds. The molecule has 0 bridgehead atoms. The average molecular weight is 166 g/mol. The maximum Gasteiger partial charge on any atom is 0.223 e. The first-order valence-electron chi connectivity index (χ1n) is 4.22. The molecule has 66 valence electrons. The van der Waals surface area contributed by atoms with Crippen molar-refractivity contribution >= 4 is 5.91 Å². The Bertz CT molecular complexity index is 227. The Kier molecular flexibility index (Phi) is 2.37. The fraction of sp³-hybridized carbons (Fsp3) is 0.778. The molecule has 0 saturated heterocycles. The van der Waals surface area contributed by atoms with Gasteiger partial charge in [-0.1, -0.05) is 13.8 Å². The first kappa shape index (κ1) is 9.05. The summed E-state index contributed by atoms with van der Waals surface area (Å²) in [4.78, 5) is 11.3. The van der Waals surface area contributed by atoms with Crippen molar-refractivity contribution in [1.29, 1.82) is 5.26 Å². The standard InChI is InChI=1S/C9H14N2O/c1-9(2)6-7(9)8(12)11-5-3-4-10/h7H,3,5-6H2,1-2H3,(H,11,12). The largest absolute Gasteiger partial charge is 0.355 e. The van der Waals surface area contributed by atoms with Crippen LogP contribution in [0.15, 0.2) is 0 Å². The van der Waals surface area contributed by atoms with Gasteiger partial charge in [-0.2, -0.15) is 5.26 Å². The molecule has 1 N–H and O–H groups in total. The Balaban J connectivity index is 2.19. The van der Waals surface area contributed by atoms with E-state index in [9.17, 15) is 4.79 Å². The highest BCUT2D eigenvalue weighted by molar-refractivity contribution is 5.82. The topological polar surface area (TPSA) is 52.9 Å². The van der Waals surface area contributed by atoms with Gasteiger partial charge in [-0.15, -0.1) is 0 Å². The molecule has 12 heavy (non-hydrogen) atoms. The van der Waals surface area contributed by atoms with Gasteiger partial charge in [-0.05, 0) is 11.8 Å². The molecule has 3 heteroatoms. The van der Waals surface area contributed by atoms with Crippen LogP contribution in [0, 0.1) is 22.7 Å². The van der Waals surface area contributed by atoms with Crippen LogP contribution in [0.2, 0.25) is 0 Å². The van der Waals surface area contributed by atoms with Crippen LogP contribution in [0.25, 0.3) is 0 Å². The van der Waals surface area contributed by atoms with Crippen molar-refractivity contribution in [3.05, 3.63) is 0 Å². The number of carbonyl (C=O) groups excluding carboxylic acids is 1. The van der Waals surface area contributed by atoms with Gasteiger partial charge in [0, 0.05) is 12.5 Å². The van der Waals surface area contributed by atoms with Gasteiger partial charge >= 0.3 is 0 Å². The van der Waals surface area contributed by atoms with E-state index in [0.717, 1.165) is 6.42 Å². The second-order valence-corrected chi connectivity index (χ2v) is 3.94. The molecule has 0 aromatic carbocycles. The summed E-state index contributed by atoms with van der Waals surface area (Å²) in [7, 11) is 0. The maximum atomic E-state index is 11.3. The molecule has 0 aromatic heterocycles. The molecular formula is C9H14N2O. The average Bonchev–Trinajstić information content (AvgIpc) is 2.60. The summed E-state index contributed by atoms with van der Waals surface area (Å²) in [6, 6.07) is 1.99. The molecule has 0 aromatic rings. The highest BCUT2D eigenvalue weighted by Crippen LogP contribution is 2.51. The van der Waals surface area contributed by atoms with Crippen molar-refractivity contribution in [3.8, 4) is 6.07 Å². The molecular weight excluding hydrogens is 152 g/mol. The molecule has 1 rings (SSSR count). The summed E-state index contributed by atoms with van der Waals surface area (Å²) >= 11 is 0. The number of nitrogens with zero attached hydrogens (tertiary/aromatic N) is 1. The number of amides is 1. The van der Waals surface area contributed by atoms with Crippen LogP contribution in [0.1, 0.15) is 26.7 Å². The van der Waals surface area contributed by atoms with Gasteiger partial charge < -0.3 is 5.32 Å². The number of rotatable bonds is 3. The lowest BCUT2D eigenvalue weighted by atomic mass is 10.1. The summed E-state index contributed by atoms with van der Waals surface area (Å²) < 4.78 is 0. The van der Waals surface area contributed by atoms with E-state index >= 15 is 0 Å². The Morgan fingerprint density at radius 1 is 1.75 bits per heavy atom. The van der Waals surface area contributed by atoms with Gasteiger partial charge in [0.25, 0.3) is 0 Å². The minimum Gasteiger partial charge on any atom is -0.355 e. The minimum absolute atomic E-state index is 0.107. The monoisotopic (exact) mass is 166 g/mol. The fourth-order valence-electron chi connectivity index (χ4n) is 1.28. The Hall–Kier alpha value is -1.04. The van der Waals surface area contributed by atoms with Crippen LogP contribution in [0.3, 0.4) is 0 Å². The number of hydrogen-bond donors (Lipinski definition) is 1. The van der Waals surface area contributed by atoms with E-state index in [2.05, 4.69) is 19.2 Å². The van der Waals surface area contributed by atoms with Gasteiger partial charge in [0.15, 0.2) is 0 Å². The van der Waals surface area contributed by atoms with E-state index in [0.29, 0.717) is 13.0 Å². The van der Waals surface area contributed by atoms with Gasteiger partial charge in [0.1, 0.15) is 0 Å². The summed E-state index contributed by atoms with van der Waals surface area (Å²) in [5, 5.41) is 11.0. The lowest BCUT2D eigenvalue weighted by Crippen LogP contribution is -2.27. The number of nitriles is 1. The summed E-state index contributed by atoms with van der Waals surface area (Å²) in [5.41, 5.74) is 0.191. The van der Waals surface area contributed by atoms with Crippen LogP contribution in [0.4, 0.5) is 0 Å². The number of nitrogens with one attached hydrogen (secondary N) is 1. The van der Waals surface area contributed by atoms with E-state index in [1.165, 1.54) is 0 Å². The van der Waals surface area contributed by atoms with Crippen molar-refractivity contribution in [3.63, 3.8) is 0 Å². The maximum absolute atomic E-state index is 11.3. The molecule has 1 aliphatic rings. The molecule has 1 saturated carbocycles. The van der Waals surface area contributed by atoms with Crippen LogP contribution in [0.5, 0.6) is 0 Å². The van der Waals surface area contributed by atoms with Crippen LogP contribution in [-0.4, -0.2) is 12.5 Å². The molecule has 1 unspecified atom stereocenters. The minimum atomic E-state index is 0.107. The van der Waals surface area contributed by atoms with Crippen molar-refractivity contribution < 1.29 is 4.79 Å². The summed E-state index contributed by atoms with van der Waals surface area (Å²) in [6.07, 6.45) is 1.38. The first-order chi connectivity index (χ1) is 5.58. The highest BCUT2D eigenvalue weighted by atomic mass is 16.2. The van der Waals surface area contributed by atoms with E-state index in [-0.39, 0.29) is 17.2 Å². The SMILES string of the molecule is CC1(C)CC1C(=O)NCCC#N. The van der Waals surface area contributed by atoms with Crippen molar-refractivity contribution in [1.82, 2.24) is 5.32 Å². The quantitative estimate of drug-likeness (QED) is 0.637. The van der Waals surface area contributed by atoms with E-state index < -0.39 is 0 Å². The van der Waals surface area contributed by atoms with Gasteiger partial charge in [-0.25, -0.2) is 0 Å². The van der Waals surface area contributed by atoms with Gasteiger partial charge in [-0.3, -0.25) is 4.79 Å². The third-order valence-electron chi connectivity index (χ3n) is 2.37. The van der Waals surface area contributed by atoms with Gasteiger partial charge in [0.05, 0.1) is 12.5 Å². The molecule has 0 aliphatic heterocycles. The molecule has 1 aliphatic carbocycles. The molecule has 3 nitrogen and oxygen atoms in total. The second-order valence-electron chi connectivity index (χ2n) is 3.94. The van der Waals surface area contributed by atoms with Crippen LogP contribution >= 0.6 is 0 Å². The summed E-state index contributed by atoms with van der Waals surface area (Å²) in [6.45, 7) is 4.66. The predicted molar refractivity (Wildman–Crippen MR) is 45.1 cm³/mol. The summed E-state index contributed by atoms with van der Waals surface area (Å²) in [5.74, 6) is 0.284. The first-order valence-corrected chi connectivity index (χ1v) is 4.22.